The number of anilines is 1. The van der Waals surface area contributed by atoms with Gasteiger partial charge in [-0.3, -0.25) is 4.79 Å². The van der Waals surface area contributed by atoms with Gasteiger partial charge in [-0.25, -0.2) is 4.79 Å². The van der Waals surface area contributed by atoms with Gasteiger partial charge in [0.15, 0.2) is 11.6 Å². The van der Waals surface area contributed by atoms with E-state index < -0.39 is 0 Å². The Bertz CT molecular complexity index is 847. The van der Waals surface area contributed by atoms with E-state index in [0.29, 0.717) is 50.8 Å². The van der Waals surface area contributed by atoms with E-state index in [2.05, 4.69) is 15.1 Å². The molecule has 2 aliphatic heterocycles. The normalized spacial score (nSPS) is 19.6. The highest BCUT2D eigenvalue weighted by atomic mass is 16.6. The molecule has 0 aromatic carbocycles. The van der Waals surface area contributed by atoms with Crippen LogP contribution in [-0.2, 0) is 9.53 Å². The third-order valence-electron chi connectivity index (χ3n) is 5.64. The van der Waals surface area contributed by atoms with Gasteiger partial charge in [0.05, 0.1) is 18.8 Å². The Morgan fingerprint density at radius 3 is 2.57 bits per heavy atom. The molecule has 2 amide bonds. The standard InChI is InChI=1S/C21H27N5O4/c1-2-29-21(28)25-12-10-24(11-13-25)20(27)16-5-3-9-26(15-16)19-8-7-17(22-23-19)18-6-4-14-30-18/h4,6-8,14,16H,2-3,5,9-13,15H2,1H3. The van der Waals surface area contributed by atoms with Gasteiger partial charge in [0.1, 0.15) is 5.69 Å². The molecule has 9 heteroatoms. The number of rotatable bonds is 4. The second kappa shape index (κ2) is 9.15. The van der Waals surface area contributed by atoms with Crippen molar-refractivity contribution in [3.05, 3.63) is 30.5 Å². The molecule has 2 aliphatic rings. The molecule has 0 spiro atoms. The average Bonchev–Trinajstić information content (AvgIpc) is 3.34. The summed E-state index contributed by atoms with van der Waals surface area (Å²) in [7, 11) is 0. The number of hydrogen-bond donors (Lipinski definition) is 0. The van der Waals surface area contributed by atoms with Crippen LogP contribution in [0.2, 0.25) is 0 Å². The maximum atomic E-state index is 13.1. The molecule has 0 bridgehead atoms. The van der Waals surface area contributed by atoms with Crippen molar-refractivity contribution in [2.45, 2.75) is 19.8 Å². The number of amides is 2. The van der Waals surface area contributed by atoms with Crippen LogP contribution >= 0.6 is 0 Å². The lowest BCUT2D eigenvalue weighted by molar-refractivity contribution is -0.137. The summed E-state index contributed by atoms with van der Waals surface area (Å²) in [5.41, 5.74) is 0.688. The Balaban J connectivity index is 1.34. The number of furan rings is 1. The third kappa shape index (κ3) is 4.39. The summed E-state index contributed by atoms with van der Waals surface area (Å²) in [5, 5.41) is 8.61. The van der Waals surface area contributed by atoms with Crippen LogP contribution in [0.1, 0.15) is 19.8 Å². The molecule has 0 aliphatic carbocycles. The second-order valence-electron chi connectivity index (χ2n) is 7.55. The summed E-state index contributed by atoms with van der Waals surface area (Å²) >= 11 is 0. The molecule has 160 valence electrons. The molecule has 4 heterocycles. The van der Waals surface area contributed by atoms with Crippen LogP contribution in [0.4, 0.5) is 10.6 Å². The summed E-state index contributed by atoms with van der Waals surface area (Å²) in [6.45, 7) is 5.77. The highest BCUT2D eigenvalue weighted by Crippen LogP contribution is 2.25. The molecule has 0 radical (unpaired) electrons. The van der Waals surface area contributed by atoms with Crippen LogP contribution in [-0.4, -0.2) is 77.9 Å². The Hall–Kier alpha value is -3.10. The largest absolute Gasteiger partial charge is 0.463 e. The van der Waals surface area contributed by atoms with Gasteiger partial charge < -0.3 is 23.9 Å². The van der Waals surface area contributed by atoms with Crippen molar-refractivity contribution >= 4 is 17.8 Å². The van der Waals surface area contributed by atoms with E-state index in [9.17, 15) is 9.59 Å². The summed E-state index contributed by atoms with van der Waals surface area (Å²) in [4.78, 5) is 30.6. The SMILES string of the molecule is CCOC(=O)N1CCN(C(=O)C2CCCN(c3ccc(-c4ccco4)nn3)C2)CC1. The number of aromatic nitrogens is 2. The molecular weight excluding hydrogens is 386 g/mol. The molecule has 2 aromatic heterocycles. The first-order chi connectivity index (χ1) is 14.7. The Labute approximate surface area is 175 Å². The number of piperidine rings is 1. The van der Waals surface area contributed by atoms with Gasteiger partial charge in [-0.05, 0) is 44.0 Å². The highest BCUT2D eigenvalue weighted by Gasteiger charge is 2.32. The molecule has 2 fully saturated rings. The van der Waals surface area contributed by atoms with Crippen LogP contribution in [0.25, 0.3) is 11.5 Å². The molecule has 0 saturated carbocycles. The molecule has 2 aromatic rings. The Kier molecular flexibility index (Phi) is 6.15. The number of piperazine rings is 1. The molecule has 30 heavy (non-hydrogen) atoms. The Morgan fingerprint density at radius 1 is 1.10 bits per heavy atom. The van der Waals surface area contributed by atoms with Crippen LogP contribution in [0, 0.1) is 5.92 Å². The fourth-order valence-corrected chi connectivity index (χ4v) is 4.02. The first-order valence-corrected chi connectivity index (χ1v) is 10.5. The number of hydrogen-bond acceptors (Lipinski definition) is 7. The monoisotopic (exact) mass is 413 g/mol. The summed E-state index contributed by atoms with van der Waals surface area (Å²) in [6, 6.07) is 7.48. The molecule has 4 rings (SSSR count). The van der Waals surface area contributed by atoms with Gasteiger partial charge in [-0.1, -0.05) is 0 Å². The lowest BCUT2D eigenvalue weighted by Gasteiger charge is -2.38. The number of nitrogens with zero attached hydrogens (tertiary/aromatic N) is 5. The molecule has 0 N–H and O–H groups in total. The smallest absolute Gasteiger partial charge is 0.409 e. The lowest BCUT2D eigenvalue weighted by atomic mass is 9.96. The number of ether oxygens (including phenoxy) is 1. The fraction of sp³-hybridized carbons (Fsp3) is 0.524. The zero-order valence-electron chi connectivity index (χ0n) is 17.2. The molecule has 9 nitrogen and oxygen atoms in total. The van der Waals surface area contributed by atoms with Crippen molar-refractivity contribution in [3.8, 4) is 11.5 Å². The maximum absolute atomic E-state index is 13.1. The zero-order valence-corrected chi connectivity index (χ0v) is 17.2. The van der Waals surface area contributed by atoms with Crippen molar-refractivity contribution in [1.82, 2.24) is 20.0 Å². The second-order valence-corrected chi connectivity index (χ2v) is 7.55. The van der Waals surface area contributed by atoms with E-state index in [-0.39, 0.29) is 17.9 Å². The molecule has 2 saturated heterocycles. The van der Waals surface area contributed by atoms with Gasteiger partial charge in [0.2, 0.25) is 5.91 Å². The number of carbonyl (C=O) groups is 2. The summed E-state index contributed by atoms with van der Waals surface area (Å²) in [5.74, 6) is 1.54. The van der Waals surface area contributed by atoms with E-state index in [1.165, 1.54) is 0 Å². The number of carbonyl (C=O) groups excluding carboxylic acids is 2. The van der Waals surface area contributed by atoms with Crippen molar-refractivity contribution < 1.29 is 18.7 Å². The zero-order chi connectivity index (χ0) is 20.9. The summed E-state index contributed by atoms with van der Waals surface area (Å²) < 4.78 is 10.4. The minimum absolute atomic E-state index is 0.0700. The van der Waals surface area contributed by atoms with Crippen LogP contribution < -0.4 is 4.90 Å². The van der Waals surface area contributed by atoms with Crippen molar-refractivity contribution in [2.24, 2.45) is 5.92 Å². The molecular formula is C21H27N5O4. The first-order valence-electron chi connectivity index (χ1n) is 10.5. The van der Waals surface area contributed by atoms with E-state index in [1.54, 1.807) is 18.1 Å². The predicted molar refractivity (Wildman–Crippen MR) is 110 cm³/mol. The van der Waals surface area contributed by atoms with E-state index in [1.807, 2.05) is 29.2 Å². The van der Waals surface area contributed by atoms with Gasteiger partial charge in [0, 0.05) is 39.3 Å². The summed E-state index contributed by atoms with van der Waals surface area (Å²) in [6.07, 6.45) is 3.11. The van der Waals surface area contributed by atoms with Gasteiger partial charge in [0.25, 0.3) is 0 Å². The Morgan fingerprint density at radius 2 is 1.90 bits per heavy atom. The molecule has 1 unspecified atom stereocenters. The predicted octanol–water partition coefficient (Wildman–Crippen LogP) is 2.25. The van der Waals surface area contributed by atoms with Crippen molar-refractivity contribution in [2.75, 3.05) is 50.8 Å². The van der Waals surface area contributed by atoms with Crippen molar-refractivity contribution in [1.29, 1.82) is 0 Å². The molecule has 1 atom stereocenters. The lowest BCUT2D eigenvalue weighted by Crippen LogP contribution is -2.53. The van der Waals surface area contributed by atoms with Crippen LogP contribution in [0.15, 0.2) is 34.9 Å². The third-order valence-corrected chi connectivity index (χ3v) is 5.64. The average molecular weight is 413 g/mol. The van der Waals surface area contributed by atoms with Crippen LogP contribution in [0.3, 0.4) is 0 Å². The highest BCUT2D eigenvalue weighted by molar-refractivity contribution is 5.80. The minimum Gasteiger partial charge on any atom is -0.463 e. The van der Waals surface area contributed by atoms with E-state index in [0.717, 1.165) is 25.2 Å². The quantitative estimate of drug-likeness (QED) is 0.759. The van der Waals surface area contributed by atoms with Gasteiger partial charge in [-0.15, -0.1) is 10.2 Å². The van der Waals surface area contributed by atoms with Crippen molar-refractivity contribution in [3.63, 3.8) is 0 Å². The maximum Gasteiger partial charge on any atom is 0.409 e. The topological polar surface area (TPSA) is 92.0 Å². The van der Waals surface area contributed by atoms with E-state index >= 15 is 0 Å². The minimum atomic E-state index is -0.301. The van der Waals surface area contributed by atoms with E-state index in [4.69, 9.17) is 9.15 Å². The first kappa shape index (κ1) is 20.2. The van der Waals surface area contributed by atoms with Crippen LogP contribution in [0.5, 0.6) is 0 Å². The fourth-order valence-electron chi connectivity index (χ4n) is 4.02. The van der Waals surface area contributed by atoms with Gasteiger partial charge in [-0.2, -0.15) is 0 Å². The van der Waals surface area contributed by atoms with Gasteiger partial charge >= 0.3 is 6.09 Å².